The van der Waals surface area contributed by atoms with Gasteiger partial charge >= 0.3 is 0 Å². The van der Waals surface area contributed by atoms with Gasteiger partial charge < -0.3 is 15.0 Å². The third-order valence-electron chi connectivity index (χ3n) is 3.44. The number of aliphatic imine (C=N–C) groups is 1. The second-order valence-electron chi connectivity index (χ2n) is 5.22. The number of halogens is 2. The molecule has 0 bridgehead atoms. The van der Waals surface area contributed by atoms with Crippen LogP contribution in [0.1, 0.15) is 32.4 Å². The van der Waals surface area contributed by atoms with Crippen LogP contribution in [0.25, 0.3) is 0 Å². The maximum absolute atomic E-state index is 13.1. The summed E-state index contributed by atoms with van der Waals surface area (Å²) in [5.41, 5.74) is 1.00. The molecule has 0 saturated carbocycles. The lowest BCUT2D eigenvalue weighted by Gasteiger charge is -2.38. The third kappa shape index (κ3) is 5.08. The first-order valence-electron chi connectivity index (χ1n) is 7.58. The number of benzene rings is 1. The fourth-order valence-electron chi connectivity index (χ4n) is 2.56. The number of morpholine rings is 1. The van der Waals surface area contributed by atoms with E-state index in [-0.39, 0.29) is 42.0 Å². The topological polar surface area (TPSA) is 36.9 Å². The molecule has 2 rings (SSSR count). The molecule has 0 amide bonds. The Bertz CT molecular complexity index is 481. The average molecular weight is 421 g/mol. The molecule has 1 aromatic carbocycles. The zero-order valence-electron chi connectivity index (χ0n) is 13.4. The van der Waals surface area contributed by atoms with E-state index in [0.717, 1.165) is 37.7 Å². The van der Waals surface area contributed by atoms with Crippen molar-refractivity contribution in [2.45, 2.75) is 33.0 Å². The summed E-state index contributed by atoms with van der Waals surface area (Å²) in [6, 6.07) is 6.54. The van der Waals surface area contributed by atoms with E-state index < -0.39 is 0 Å². The Labute approximate surface area is 149 Å². The zero-order chi connectivity index (χ0) is 15.2. The first-order valence-corrected chi connectivity index (χ1v) is 7.58. The highest BCUT2D eigenvalue weighted by molar-refractivity contribution is 14.0. The minimum Gasteiger partial charge on any atom is -0.367 e. The molecule has 0 aliphatic carbocycles. The molecule has 2 unspecified atom stereocenters. The van der Waals surface area contributed by atoms with Gasteiger partial charge in [0.25, 0.3) is 0 Å². The van der Waals surface area contributed by atoms with Crippen LogP contribution in [0, 0.1) is 5.82 Å². The first-order chi connectivity index (χ1) is 10.1. The van der Waals surface area contributed by atoms with Crippen LogP contribution in [0.3, 0.4) is 0 Å². The van der Waals surface area contributed by atoms with Gasteiger partial charge in [-0.3, -0.25) is 4.99 Å². The van der Waals surface area contributed by atoms with E-state index >= 15 is 0 Å². The third-order valence-corrected chi connectivity index (χ3v) is 3.44. The molecule has 124 valence electrons. The van der Waals surface area contributed by atoms with Crippen LogP contribution in [0.2, 0.25) is 0 Å². The van der Waals surface area contributed by atoms with Gasteiger partial charge in [-0.15, -0.1) is 24.0 Å². The fourth-order valence-corrected chi connectivity index (χ4v) is 2.56. The number of rotatable bonds is 3. The van der Waals surface area contributed by atoms with Crippen molar-refractivity contribution in [1.29, 1.82) is 0 Å². The van der Waals surface area contributed by atoms with Crippen LogP contribution in [0.4, 0.5) is 4.39 Å². The highest BCUT2D eigenvalue weighted by Crippen LogP contribution is 2.25. The lowest BCUT2D eigenvalue weighted by atomic mass is 10.1. The number of nitrogens with zero attached hydrogens (tertiary/aromatic N) is 2. The molecule has 1 fully saturated rings. The summed E-state index contributed by atoms with van der Waals surface area (Å²) in [4.78, 5) is 6.75. The SMILES string of the molecule is CCN=C(NCC)N1CC(C)OC(c2ccc(F)cc2)C1.I. The van der Waals surface area contributed by atoms with Crippen LogP contribution < -0.4 is 5.32 Å². The van der Waals surface area contributed by atoms with E-state index in [4.69, 9.17) is 4.74 Å². The molecule has 0 radical (unpaired) electrons. The summed E-state index contributed by atoms with van der Waals surface area (Å²) in [5.74, 6) is 0.697. The van der Waals surface area contributed by atoms with Gasteiger partial charge in [-0.05, 0) is 38.5 Å². The maximum Gasteiger partial charge on any atom is 0.194 e. The number of nitrogens with one attached hydrogen (secondary N) is 1. The van der Waals surface area contributed by atoms with Crippen molar-refractivity contribution < 1.29 is 9.13 Å². The van der Waals surface area contributed by atoms with Crippen molar-refractivity contribution in [3.63, 3.8) is 0 Å². The van der Waals surface area contributed by atoms with E-state index in [1.165, 1.54) is 12.1 Å². The van der Waals surface area contributed by atoms with Gasteiger partial charge in [0.1, 0.15) is 11.9 Å². The molecular weight excluding hydrogens is 396 g/mol. The summed E-state index contributed by atoms with van der Waals surface area (Å²) < 4.78 is 19.1. The number of hydrogen-bond acceptors (Lipinski definition) is 2. The van der Waals surface area contributed by atoms with Crippen molar-refractivity contribution in [3.05, 3.63) is 35.6 Å². The van der Waals surface area contributed by atoms with Crippen molar-refractivity contribution in [1.82, 2.24) is 10.2 Å². The Hall–Kier alpha value is -0.890. The van der Waals surface area contributed by atoms with Gasteiger partial charge in [0.2, 0.25) is 0 Å². The second-order valence-corrected chi connectivity index (χ2v) is 5.22. The van der Waals surface area contributed by atoms with Gasteiger partial charge in [-0.1, -0.05) is 12.1 Å². The minimum atomic E-state index is -0.222. The predicted octanol–water partition coefficient (Wildman–Crippen LogP) is 3.19. The van der Waals surface area contributed by atoms with E-state index in [9.17, 15) is 4.39 Å². The van der Waals surface area contributed by atoms with Crippen molar-refractivity contribution in [2.24, 2.45) is 4.99 Å². The monoisotopic (exact) mass is 421 g/mol. The molecular formula is C16H25FIN3O. The molecule has 1 saturated heterocycles. The zero-order valence-corrected chi connectivity index (χ0v) is 15.7. The largest absolute Gasteiger partial charge is 0.367 e. The van der Waals surface area contributed by atoms with Crippen LogP contribution in [0.5, 0.6) is 0 Å². The Morgan fingerprint density at radius 2 is 2.00 bits per heavy atom. The second kappa shape index (κ2) is 9.29. The molecule has 0 spiro atoms. The smallest absolute Gasteiger partial charge is 0.194 e. The van der Waals surface area contributed by atoms with Crippen molar-refractivity contribution in [2.75, 3.05) is 26.2 Å². The van der Waals surface area contributed by atoms with Gasteiger partial charge in [0.05, 0.1) is 12.6 Å². The molecule has 1 aliphatic heterocycles. The molecule has 1 heterocycles. The summed E-state index contributed by atoms with van der Waals surface area (Å²) in [7, 11) is 0. The Morgan fingerprint density at radius 1 is 1.32 bits per heavy atom. The Morgan fingerprint density at radius 3 is 2.59 bits per heavy atom. The molecule has 22 heavy (non-hydrogen) atoms. The molecule has 1 N–H and O–H groups in total. The normalized spacial score (nSPS) is 22.2. The lowest BCUT2D eigenvalue weighted by Crippen LogP contribution is -2.50. The maximum atomic E-state index is 13.1. The van der Waals surface area contributed by atoms with Gasteiger partial charge in [0.15, 0.2) is 5.96 Å². The van der Waals surface area contributed by atoms with E-state index in [2.05, 4.69) is 29.1 Å². The van der Waals surface area contributed by atoms with E-state index in [0.29, 0.717) is 0 Å². The lowest BCUT2D eigenvalue weighted by molar-refractivity contribution is -0.0605. The van der Waals surface area contributed by atoms with Crippen molar-refractivity contribution >= 4 is 29.9 Å². The van der Waals surface area contributed by atoms with Gasteiger partial charge in [-0.25, -0.2) is 4.39 Å². The van der Waals surface area contributed by atoms with E-state index in [1.54, 1.807) is 12.1 Å². The first kappa shape index (κ1) is 19.2. The number of hydrogen-bond donors (Lipinski definition) is 1. The molecule has 1 aliphatic rings. The number of guanidine groups is 1. The Balaban J connectivity index is 0.00000242. The Kier molecular flexibility index (Phi) is 8.09. The molecule has 4 nitrogen and oxygen atoms in total. The molecule has 0 aromatic heterocycles. The minimum absolute atomic E-state index is 0. The fraction of sp³-hybridized carbons (Fsp3) is 0.562. The van der Waals surface area contributed by atoms with Crippen LogP contribution in [0.15, 0.2) is 29.3 Å². The summed E-state index contributed by atoms with van der Waals surface area (Å²) >= 11 is 0. The highest BCUT2D eigenvalue weighted by Gasteiger charge is 2.28. The predicted molar refractivity (Wildman–Crippen MR) is 98.3 cm³/mol. The summed E-state index contributed by atoms with van der Waals surface area (Å²) in [6.07, 6.45) is 0.0459. The van der Waals surface area contributed by atoms with E-state index in [1.807, 2.05) is 6.92 Å². The van der Waals surface area contributed by atoms with Crippen LogP contribution in [-0.2, 0) is 4.74 Å². The molecule has 6 heteroatoms. The highest BCUT2D eigenvalue weighted by atomic mass is 127. The molecule has 1 aromatic rings. The van der Waals surface area contributed by atoms with Crippen LogP contribution >= 0.6 is 24.0 Å². The quantitative estimate of drug-likeness (QED) is 0.463. The van der Waals surface area contributed by atoms with Gasteiger partial charge in [0, 0.05) is 19.6 Å². The summed E-state index contributed by atoms with van der Waals surface area (Å²) in [5, 5.41) is 3.32. The summed E-state index contributed by atoms with van der Waals surface area (Å²) in [6.45, 7) is 9.26. The number of ether oxygens (including phenoxy) is 1. The van der Waals surface area contributed by atoms with Crippen LogP contribution in [-0.4, -0.2) is 43.1 Å². The van der Waals surface area contributed by atoms with Gasteiger partial charge in [-0.2, -0.15) is 0 Å². The molecule has 2 atom stereocenters. The van der Waals surface area contributed by atoms with Crippen molar-refractivity contribution in [3.8, 4) is 0 Å². The standard InChI is InChI=1S/C16H24FN3O.HI/c1-4-18-16(19-5-2)20-10-12(3)21-15(11-20)13-6-8-14(17)9-7-13;/h6-9,12,15H,4-5,10-11H2,1-3H3,(H,18,19);1H. The average Bonchev–Trinajstić information content (AvgIpc) is 2.47.